The van der Waals surface area contributed by atoms with Crippen LogP contribution < -0.4 is 21.3 Å². The summed E-state index contributed by atoms with van der Waals surface area (Å²) in [5, 5.41) is 19.2. The van der Waals surface area contributed by atoms with Gasteiger partial charge in [-0.25, -0.2) is 14.4 Å². The standard InChI is InChI=1S/C52H94N4O16/c1-50(2,3)70-47(63)25-23-21-19-17-15-13-11-10-12-14-16-18-20-22-24-43(58)55-41(49(65)72-52(7,8)9)27-29-44(59)56-40(48(64)71-51(4,5)6)26-28-42(57)53-30-32-66-34-36-68-38-45(60)54-31-33-67-35-37-69-39-46(61)62/h40-41H,10-39H2,1-9H3,(H,53,57)(H,54,60)(H,55,58)(H,56,59)(H,61,62)/t40-,41?/m0/s1. The Kier molecular flexibility index (Phi) is 37.6. The van der Waals surface area contributed by atoms with Crippen molar-refractivity contribution in [1.29, 1.82) is 0 Å². The van der Waals surface area contributed by atoms with E-state index >= 15 is 0 Å². The molecular weight excluding hydrogens is 937 g/mol. The van der Waals surface area contributed by atoms with E-state index in [1.807, 2.05) is 20.8 Å². The van der Waals surface area contributed by atoms with E-state index < -0.39 is 65.2 Å². The molecule has 418 valence electrons. The molecule has 0 aliphatic carbocycles. The molecule has 72 heavy (non-hydrogen) atoms. The predicted molar refractivity (Wildman–Crippen MR) is 271 cm³/mol. The summed E-state index contributed by atoms with van der Waals surface area (Å²) in [6, 6.07) is -2.25. The highest BCUT2D eigenvalue weighted by Gasteiger charge is 2.30. The Hall–Kier alpha value is -4.40. The van der Waals surface area contributed by atoms with Crippen molar-refractivity contribution in [2.75, 3.05) is 65.9 Å². The molecule has 0 spiro atoms. The number of rotatable bonds is 43. The molecule has 0 saturated carbocycles. The Morgan fingerprint density at radius 3 is 1.15 bits per heavy atom. The lowest BCUT2D eigenvalue weighted by Crippen LogP contribution is -2.47. The number of carboxylic acids is 1. The quantitative estimate of drug-likeness (QED) is 0.0260. The molecule has 0 aromatic rings. The fraction of sp³-hybridized carbons (Fsp3) is 0.846. The number of carboxylic acid groups (broad SMARTS) is 1. The second-order valence-corrected chi connectivity index (χ2v) is 20.8. The van der Waals surface area contributed by atoms with Crippen LogP contribution in [0.1, 0.15) is 191 Å². The number of carbonyl (C=O) groups is 8. The van der Waals surface area contributed by atoms with Gasteiger partial charge in [0.15, 0.2) is 0 Å². The number of aliphatic carboxylic acids is 1. The summed E-state index contributed by atoms with van der Waals surface area (Å²) >= 11 is 0. The number of esters is 3. The van der Waals surface area contributed by atoms with Gasteiger partial charge in [-0.1, -0.05) is 77.0 Å². The molecule has 1 unspecified atom stereocenters. The van der Waals surface area contributed by atoms with Crippen LogP contribution in [0.4, 0.5) is 0 Å². The maximum absolute atomic E-state index is 13.2. The summed E-state index contributed by atoms with van der Waals surface area (Å²) in [5.74, 6) is -4.20. The van der Waals surface area contributed by atoms with E-state index in [1.165, 1.54) is 38.5 Å². The Balaban J connectivity index is 4.60. The number of hydrogen-bond acceptors (Lipinski definition) is 15. The molecule has 20 heteroatoms. The molecule has 0 radical (unpaired) electrons. The van der Waals surface area contributed by atoms with Crippen LogP contribution in [0, 0.1) is 0 Å². The van der Waals surface area contributed by atoms with Crippen molar-refractivity contribution in [3.05, 3.63) is 0 Å². The Morgan fingerprint density at radius 1 is 0.389 bits per heavy atom. The molecule has 4 amide bonds. The number of nitrogens with one attached hydrogen (secondary N) is 4. The highest BCUT2D eigenvalue weighted by Crippen LogP contribution is 2.17. The van der Waals surface area contributed by atoms with E-state index in [0.29, 0.717) is 12.8 Å². The Labute approximate surface area is 429 Å². The zero-order valence-electron chi connectivity index (χ0n) is 45.4. The van der Waals surface area contributed by atoms with Crippen molar-refractivity contribution in [1.82, 2.24) is 21.3 Å². The van der Waals surface area contributed by atoms with Gasteiger partial charge in [-0.05, 0) is 88.0 Å². The molecule has 20 nitrogen and oxygen atoms in total. The average molecular weight is 1030 g/mol. The third-order valence-electron chi connectivity index (χ3n) is 10.2. The largest absolute Gasteiger partial charge is 0.480 e. The number of carbonyl (C=O) groups excluding carboxylic acids is 7. The monoisotopic (exact) mass is 1030 g/mol. The molecular formula is C52H94N4O16. The second-order valence-electron chi connectivity index (χ2n) is 20.8. The minimum atomic E-state index is -1.16. The molecule has 0 fully saturated rings. The minimum absolute atomic E-state index is 0.0648. The minimum Gasteiger partial charge on any atom is -0.480 e. The van der Waals surface area contributed by atoms with Crippen LogP contribution in [-0.2, 0) is 71.5 Å². The highest BCUT2D eigenvalue weighted by molar-refractivity contribution is 5.87. The summed E-state index contributed by atoms with van der Waals surface area (Å²) in [6.07, 6.45) is 15.4. The van der Waals surface area contributed by atoms with Crippen LogP contribution in [-0.4, -0.2) is 147 Å². The molecule has 0 heterocycles. The van der Waals surface area contributed by atoms with Crippen molar-refractivity contribution < 1.29 is 76.6 Å². The smallest absolute Gasteiger partial charge is 0.329 e. The van der Waals surface area contributed by atoms with Crippen molar-refractivity contribution in [3.8, 4) is 0 Å². The van der Waals surface area contributed by atoms with Crippen LogP contribution in [0.25, 0.3) is 0 Å². The van der Waals surface area contributed by atoms with Gasteiger partial charge < -0.3 is 59.5 Å². The van der Waals surface area contributed by atoms with Gasteiger partial charge in [-0.3, -0.25) is 24.0 Å². The maximum Gasteiger partial charge on any atom is 0.329 e. The normalized spacial score (nSPS) is 12.6. The topological polar surface area (TPSA) is 270 Å². The van der Waals surface area contributed by atoms with Crippen molar-refractivity contribution in [3.63, 3.8) is 0 Å². The van der Waals surface area contributed by atoms with E-state index in [0.717, 1.165) is 44.9 Å². The maximum atomic E-state index is 13.2. The van der Waals surface area contributed by atoms with E-state index in [9.17, 15) is 38.4 Å². The first kappa shape index (κ1) is 67.6. The first-order valence-electron chi connectivity index (χ1n) is 26.2. The first-order valence-corrected chi connectivity index (χ1v) is 26.2. The lowest BCUT2D eigenvalue weighted by atomic mass is 10.0. The second kappa shape index (κ2) is 40.0. The van der Waals surface area contributed by atoms with Crippen molar-refractivity contribution in [2.45, 2.75) is 220 Å². The van der Waals surface area contributed by atoms with Gasteiger partial charge in [-0.2, -0.15) is 0 Å². The van der Waals surface area contributed by atoms with Gasteiger partial charge in [0.25, 0.3) is 0 Å². The van der Waals surface area contributed by atoms with Crippen LogP contribution in [0.3, 0.4) is 0 Å². The molecule has 0 aromatic heterocycles. The van der Waals surface area contributed by atoms with Crippen LogP contribution in [0.15, 0.2) is 0 Å². The summed E-state index contributed by atoms with van der Waals surface area (Å²) in [6.45, 7) is 16.7. The van der Waals surface area contributed by atoms with Gasteiger partial charge in [0, 0.05) is 38.8 Å². The lowest BCUT2D eigenvalue weighted by molar-refractivity contribution is -0.160. The van der Waals surface area contributed by atoms with Gasteiger partial charge in [0.2, 0.25) is 23.6 Å². The summed E-state index contributed by atoms with van der Waals surface area (Å²) in [4.78, 5) is 99.3. The van der Waals surface area contributed by atoms with Gasteiger partial charge in [0.1, 0.15) is 42.1 Å². The van der Waals surface area contributed by atoms with Gasteiger partial charge in [-0.15, -0.1) is 0 Å². The van der Waals surface area contributed by atoms with Crippen LogP contribution >= 0.6 is 0 Å². The highest BCUT2D eigenvalue weighted by atomic mass is 16.6. The SMILES string of the molecule is CC(C)(C)OC(=O)CCCCCCCCCCCCCCCCC(=O)NC(CCC(=O)N[C@@H](CCC(=O)NCCOCCOCC(=O)NCCOCCOCC(=O)O)C(=O)OC(C)(C)C)C(=O)OC(C)(C)C. The summed E-state index contributed by atoms with van der Waals surface area (Å²) in [7, 11) is 0. The van der Waals surface area contributed by atoms with Crippen molar-refractivity contribution >= 4 is 47.5 Å². The number of hydrogen-bond donors (Lipinski definition) is 5. The molecule has 0 rings (SSSR count). The molecule has 0 aliphatic heterocycles. The predicted octanol–water partition coefficient (Wildman–Crippen LogP) is 6.17. The fourth-order valence-electron chi connectivity index (χ4n) is 6.83. The van der Waals surface area contributed by atoms with Crippen molar-refractivity contribution in [2.24, 2.45) is 0 Å². The van der Waals surface area contributed by atoms with E-state index in [2.05, 4.69) is 21.3 Å². The van der Waals surface area contributed by atoms with Crippen LogP contribution in [0.5, 0.6) is 0 Å². The fourth-order valence-corrected chi connectivity index (χ4v) is 6.83. The zero-order valence-corrected chi connectivity index (χ0v) is 45.4. The molecule has 0 aromatic carbocycles. The summed E-state index contributed by atoms with van der Waals surface area (Å²) < 4.78 is 37.2. The average Bonchev–Trinajstić information content (AvgIpc) is 3.26. The zero-order chi connectivity index (χ0) is 54.3. The Morgan fingerprint density at radius 2 is 0.736 bits per heavy atom. The number of unbranched alkanes of at least 4 members (excludes halogenated alkanes) is 13. The van der Waals surface area contributed by atoms with Crippen LogP contribution in [0.2, 0.25) is 0 Å². The van der Waals surface area contributed by atoms with E-state index in [1.54, 1.807) is 41.5 Å². The van der Waals surface area contributed by atoms with Gasteiger partial charge >= 0.3 is 23.9 Å². The third-order valence-corrected chi connectivity index (χ3v) is 10.2. The third kappa shape index (κ3) is 45.5. The Bertz CT molecular complexity index is 1560. The lowest BCUT2D eigenvalue weighted by Gasteiger charge is -2.26. The number of ether oxygens (including phenoxy) is 7. The molecule has 0 bridgehead atoms. The van der Waals surface area contributed by atoms with Gasteiger partial charge in [0.05, 0.1) is 39.6 Å². The molecule has 5 N–H and O–H groups in total. The first-order chi connectivity index (χ1) is 33.9. The number of amides is 4. The van der Waals surface area contributed by atoms with E-state index in [4.69, 9.17) is 38.3 Å². The molecule has 0 aliphatic rings. The summed E-state index contributed by atoms with van der Waals surface area (Å²) in [5.41, 5.74) is -2.13. The molecule has 0 saturated heterocycles. The molecule has 2 atom stereocenters. The van der Waals surface area contributed by atoms with E-state index in [-0.39, 0.29) is 109 Å².